The number of rotatable bonds is 5. The van der Waals surface area contributed by atoms with Crippen molar-refractivity contribution in [1.82, 2.24) is 20.4 Å². The number of aromatic nitrogens is 2. The first-order valence-corrected chi connectivity index (χ1v) is 8.27. The molecule has 0 saturated carbocycles. The minimum atomic E-state index is -0.454. The van der Waals surface area contributed by atoms with Crippen LogP contribution in [0.1, 0.15) is 58.7 Å². The topological polar surface area (TPSA) is 80.5 Å². The molecule has 0 aromatic carbocycles. The van der Waals surface area contributed by atoms with Crippen molar-refractivity contribution < 1.29 is 14.1 Å². The number of ether oxygens (including phenoxy) is 1. The number of aryl methyl sites for hydroxylation is 1. The molecule has 1 saturated heterocycles. The summed E-state index contributed by atoms with van der Waals surface area (Å²) in [5, 5.41) is 7.25. The highest BCUT2D eigenvalue weighted by atomic mass is 16.6. The van der Waals surface area contributed by atoms with E-state index in [-0.39, 0.29) is 18.2 Å². The molecule has 0 aliphatic carbocycles. The van der Waals surface area contributed by atoms with Crippen molar-refractivity contribution in [3.63, 3.8) is 0 Å². The largest absolute Gasteiger partial charge is 0.444 e. The number of amides is 1. The molecule has 2 rings (SSSR count). The zero-order valence-electron chi connectivity index (χ0n) is 14.8. The predicted octanol–water partition coefficient (Wildman–Crippen LogP) is 2.65. The molecule has 1 aliphatic heterocycles. The fourth-order valence-electron chi connectivity index (χ4n) is 2.81. The summed E-state index contributed by atoms with van der Waals surface area (Å²) in [7, 11) is 0. The highest BCUT2D eigenvalue weighted by molar-refractivity contribution is 5.68. The Kier molecular flexibility index (Phi) is 5.62. The maximum Gasteiger partial charge on any atom is 0.410 e. The van der Waals surface area contributed by atoms with Crippen molar-refractivity contribution in [3.8, 4) is 0 Å². The molecule has 2 unspecified atom stereocenters. The molecule has 0 spiro atoms. The fraction of sp³-hybridized carbons (Fsp3) is 0.812. The molecule has 1 N–H and O–H groups in total. The van der Waals surface area contributed by atoms with Gasteiger partial charge in [0.25, 0.3) is 0 Å². The van der Waals surface area contributed by atoms with Gasteiger partial charge < -0.3 is 19.5 Å². The lowest BCUT2D eigenvalue weighted by molar-refractivity contribution is 0.0214. The Balaban J connectivity index is 1.81. The van der Waals surface area contributed by atoms with E-state index in [1.807, 2.05) is 25.7 Å². The second-order valence-corrected chi connectivity index (χ2v) is 7.22. The zero-order chi connectivity index (χ0) is 17.0. The first kappa shape index (κ1) is 17.7. The molecule has 1 fully saturated rings. The van der Waals surface area contributed by atoms with Crippen LogP contribution in [0.4, 0.5) is 4.79 Å². The number of nitrogens with one attached hydrogen (secondary N) is 1. The van der Waals surface area contributed by atoms with Crippen molar-refractivity contribution in [2.75, 3.05) is 6.54 Å². The van der Waals surface area contributed by atoms with Crippen LogP contribution in [-0.4, -0.2) is 45.4 Å². The second kappa shape index (κ2) is 7.29. The molecule has 130 valence electrons. The van der Waals surface area contributed by atoms with Crippen molar-refractivity contribution >= 4 is 6.09 Å². The van der Waals surface area contributed by atoms with Crippen LogP contribution in [0.15, 0.2) is 4.52 Å². The minimum Gasteiger partial charge on any atom is -0.444 e. The third kappa shape index (κ3) is 5.49. The van der Waals surface area contributed by atoms with Gasteiger partial charge in [-0.25, -0.2) is 4.79 Å². The van der Waals surface area contributed by atoms with Gasteiger partial charge in [-0.15, -0.1) is 0 Å². The van der Waals surface area contributed by atoms with Gasteiger partial charge in [-0.1, -0.05) is 5.16 Å². The van der Waals surface area contributed by atoms with Crippen molar-refractivity contribution in [1.29, 1.82) is 0 Å². The average Bonchev–Trinajstić information content (AvgIpc) is 3.03. The third-order valence-corrected chi connectivity index (χ3v) is 3.81. The Bertz CT molecular complexity index is 524. The van der Waals surface area contributed by atoms with Crippen molar-refractivity contribution in [3.05, 3.63) is 11.7 Å². The van der Waals surface area contributed by atoms with Crippen LogP contribution in [-0.2, 0) is 11.3 Å². The van der Waals surface area contributed by atoms with Gasteiger partial charge in [0.2, 0.25) is 5.89 Å². The SMILES string of the molecule is Cc1nc(CNC(C)CC2CCCN2C(=O)OC(C)(C)C)no1. The smallest absolute Gasteiger partial charge is 0.410 e. The summed E-state index contributed by atoms with van der Waals surface area (Å²) in [6, 6.07) is 0.473. The van der Waals surface area contributed by atoms with Crippen LogP contribution < -0.4 is 5.32 Å². The van der Waals surface area contributed by atoms with E-state index in [0.29, 0.717) is 18.3 Å². The summed E-state index contributed by atoms with van der Waals surface area (Å²) >= 11 is 0. The van der Waals surface area contributed by atoms with Gasteiger partial charge in [-0.2, -0.15) is 4.98 Å². The van der Waals surface area contributed by atoms with Crippen LogP contribution >= 0.6 is 0 Å². The Morgan fingerprint density at radius 2 is 2.26 bits per heavy atom. The number of hydrogen-bond acceptors (Lipinski definition) is 6. The van der Waals surface area contributed by atoms with Crippen molar-refractivity contribution in [2.24, 2.45) is 0 Å². The van der Waals surface area contributed by atoms with Crippen LogP contribution in [0, 0.1) is 6.92 Å². The van der Waals surface area contributed by atoms with E-state index in [9.17, 15) is 4.79 Å². The van der Waals surface area contributed by atoms with Crippen LogP contribution in [0.5, 0.6) is 0 Å². The van der Waals surface area contributed by atoms with Crippen LogP contribution in [0.25, 0.3) is 0 Å². The first-order chi connectivity index (χ1) is 10.7. The van der Waals surface area contributed by atoms with E-state index >= 15 is 0 Å². The van der Waals surface area contributed by atoms with E-state index in [0.717, 1.165) is 25.8 Å². The molecule has 7 heteroatoms. The van der Waals surface area contributed by atoms with Crippen LogP contribution in [0.2, 0.25) is 0 Å². The summed E-state index contributed by atoms with van der Waals surface area (Å²) in [6.07, 6.45) is 2.73. The second-order valence-electron chi connectivity index (χ2n) is 7.22. The summed E-state index contributed by atoms with van der Waals surface area (Å²) in [6.45, 7) is 10.9. The minimum absolute atomic E-state index is 0.207. The first-order valence-electron chi connectivity index (χ1n) is 8.27. The Morgan fingerprint density at radius 3 is 2.87 bits per heavy atom. The quantitative estimate of drug-likeness (QED) is 0.897. The lowest BCUT2D eigenvalue weighted by Crippen LogP contribution is -2.42. The highest BCUT2D eigenvalue weighted by Gasteiger charge is 2.32. The summed E-state index contributed by atoms with van der Waals surface area (Å²) in [4.78, 5) is 18.3. The number of carbonyl (C=O) groups is 1. The van der Waals surface area contributed by atoms with Gasteiger partial charge in [0.1, 0.15) is 5.60 Å². The summed E-state index contributed by atoms with van der Waals surface area (Å²) < 4.78 is 10.5. The van der Waals surface area contributed by atoms with Gasteiger partial charge in [-0.3, -0.25) is 0 Å². The maximum atomic E-state index is 12.3. The molecule has 1 aromatic rings. The molecule has 23 heavy (non-hydrogen) atoms. The van der Waals surface area contributed by atoms with Gasteiger partial charge in [0.05, 0.1) is 6.54 Å². The van der Waals surface area contributed by atoms with Gasteiger partial charge in [0.15, 0.2) is 5.82 Å². The Labute approximate surface area is 137 Å². The average molecular weight is 324 g/mol. The van der Waals surface area contributed by atoms with Crippen molar-refractivity contribution in [2.45, 2.75) is 78.1 Å². The van der Waals surface area contributed by atoms with Gasteiger partial charge in [0, 0.05) is 25.6 Å². The normalized spacial score (nSPS) is 19.9. The fourth-order valence-corrected chi connectivity index (χ4v) is 2.81. The van der Waals surface area contributed by atoms with E-state index < -0.39 is 5.60 Å². The number of nitrogens with zero attached hydrogens (tertiary/aromatic N) is 3. The molecule has 1 aliphatic rings. The summed E-state index contributed by atoms with van der Waals surface area (Å²) in [5.74, 6) is 1.23. The number of carbonyl (C=O) groups excluding carboxylic acids is 1. The van der Waals surface area contributed by atoms with E-state index in [2.05, 4.69) is 22.4 Å². The summed E-state index contributed by atoms with van der Waals surface area (Å²) in [5.41, 5.74) is -0.454. The zero-order valence-corrected chi connectivity index (χ0v) is 14.8. The number of hydrogen-bond donors (Lipinski definition) is 1. The molecule has 1 aromatic heterocycles. The van der Waals surface area contributed by atoms with Gasteiger partial charge in [-0.05, 0) is 47.0 Å². The molecule has 7 nitrogen and oxygen atoms in total. The third-order valence-electron chi connectivity index (χ3n) is 3.81. The molecular formula is C16H28N4O3. The monoisotopic (exact) mass is 324 g/mol. The van der Waals surface area contributed by atoms with Gasteiger partial charge >= 0.3 is 6.09 Å². The highest BCUT2D eigenvalue weighted by Crippen LogP contribution is 2.24. The van der Waals surface area contributed by atoms with E-state index in [1.165, 1.54) is 0 Å². The molecule has 2 heterocycles. The lowest BCUT2D eigenvalue weighted by atomic mass is 10.1. The predicted molar refractivity (Wildman–Crippen MR) is 85.9 cm³/mol. The maximum absolute atomic E-state index is 12.3. The molecular weight excluding hydrogens is 296 g/mol. The Hall–Kier alpha value is -1.63. The molecule has 1 amide bonds. The molecule has 0 bridgehead atoms. The molecule has 2 atom stereocenters. The number of likely N-dealkylation sites (tertiary alicyclic amines) is 1. The lowest BCUT2D eigenvalue weighted by Gasteiger charge is -2.30. The van der Waals surface area contributed by atoms with Crippen LogP contribution in [0.3, 0.4) is 0 Å². The molecule has 0 radical (unpaired) electrons. The Morgan fingerprint density at radius 1 is 1.52 bits per heavy atom. The standard InChI is InChI=1S/C16H28N4O3/c1-11(17-10-14-18-12(2)23-19-14)9-13-7-6-8-20(13)15(21)22-16(3,4)5/h11,13,17H,6-10H2,1-5H3. The van der Waals surface area contributed by atoms with E-state index in [1.54, 1.807) is 6.92 Å². The van der Waals surface area contributed by atoms with E-state index in [4.69, 9.17) is 9.26 Å².